The van der Waals surface area contributed by atoms with Crippen molar-refractivity contribution in [1.29, 1.82) is 0 Å². The minimum absolute atomic E-state index is 0.0373. The van der Waals surface area contributed by atoms with Gasteiger partial charge in [0.1, 0.15) is 12.7 Å². The molecule has 0 bridgehead atoms. The number of aromatic nitrogens is 6. The fourth-order valence-corrected chi connectivity index (χ4v) is 3.03. The van der Waals surface area contributed by atoms with E-state index in [9.17, 15) is 4.79 Å². The van der Waals surface area contributed by atoms with E-state index in [0.717, 1.165) is 12.8 Å². The molecule has 0 aliphatic carbocycles. The maximum Gasteiger partial charge on any atom is 0.254 e. The van der Waals surface area contributed by atoms with Crippen LogP contribution in [0.2, 0.25) is 0 Å². The van der Waals surface area contributed by atoms with E-state index >= 15 is 0 Å². The molecule has 3 aromatic rings. The molecule has 0 spiro atoms. The number of carbonyl (C=O) groups excluding carboxylic acids is 1. The molecule has 1 aliphatic rings. The lowest BCUT2D eigenvalue weighted by molar-refractivity contribution is 0.0695. The fraction of sp³-hybridized carbons (Fsp3) is 0.375. The molecule has 128 valence electrons. The van der Waals surface area contributed by atoms with E-state index in [-0.39, 0.29) is 11.8 Å². The predicted octanol–water partition coefficient (Wildman–Crippen LogP) is 1.37. The molecule has 1 aliphatic heterocycles. The summed E-state index contributed by atoms with van der Waals surface area (Å²) in [5.74, 6) is 1.82. The first-order chi connectivity index (χ1) is 12.2. The van der Waals surface area contributed by atoms with Gasteiger partial charge in [0.15, 0.2) is 11.6 Å². The lowest BCUT2D eigenvalue weighted by atomic mass is 9.97. The largest absolute Gasteiger partial charge is 0.339 e. The van der Waals surface area contributed by atoms with Crippen molar-refractivity contribution in [2.45, 2.75) is 25.7 Å². The maximum atomic E-state index is 12.9. The van der Waals surface area contributed by atoms with Crippen LogP contribution in [-0.2, 0) is 0 Å². The lowest BCUT2D eigenvalue weighted by Crippen LogP contribution is -2.39. The number of nitrogens with zero attached hydrogens (tertiary/aromatic N) is 7. The number of rotatable bonds is 3. The molecule has 0 radical (unpaired) electrons. The lowest BCUT2D eigenvalue weighted by Gasteiger charge is -2.31. The predicted molar refractivity (Wildman–Crippen MR) is 86.1 cm³/mol. The molecule has 4 heterocycles. The monoisotopic (exact) mass is 339 g/mol. The molecule has 1 unspecified atom stereocenters. The Labute approximate surface area is 143 Å². The van der Waals surface area contributed by atoms with Gasteiger partial charge in [-0.15, -0.1) is 0 Å². The Kier molecular flexibility index (Phi) is 3.96. The zero-order valence-corrected chi connectivity index (χ0v) is 13.7. The van der Waals surface area contributed by atoms with Crippen molar-refractivity contribution >= 4 is 5.91 Å². The third kappa shape index (κ3) is 3.12. The van der Waals surface area contributed by atoms with Gasteiger partial charge in [-0.3, -0.25) is 4.79 Å². The quantitative estimate of drug-likeness (QED) is 0.710. The maximum absolute atomic E-state index is 12.9. The summed E-state index contributed by atoms with van der Waals surface area (Å²) in [5.41, 5.74) is 0.572. The Morgan fingerprint density at radius 3 is 3.08 bits per heavy atom. The molecule has 0 N–H and O–H groups in total. The molecule has 0 saturated carbocycles. The summed E-state index contributed by atoms with van der Waals surface area (Å²) in [5, 5.41) is 7.89. The first kappa shape index (κ1) is 15.4. The molecule has 0 aromatic carbocycles. The van der Waals surface area contributed by atoms with E-state index < -0.39 is 0 Å². The molecule has 4 rings (SSSR count). The van der Waals surface area contributed by atoms with E-state index in [1.54, 1.807) is 31.6 Å². The van der Waals surface area contributed by atoms with Crippen LogP contribution < -0.4 is 0 Å². The first-order valence-electron chi connectivity index (χ1n) is 8.11. The third-order valence-corrected chi connectivity index (χ3v) is 4.25. The van der Waals surface area contributed by atoms with Gasteiger partial charge < -0.3 is 9.42 Å². The van der Waals surface area contributed by atoms with Crippen LogP contribution in [0.5, 0.6) is 0 Å². The average Bonchev–Trinajstić information content (AvgIpc) is 3.33. The smallest absolute Gasteiger partial charge is 0.254 e. The number of pyridine rings is 1. The minimum Gasteiger partial charge on any atom is -0.339 e. The molecule has 1 amide bonds. The van der Waals surface area contributed by atoms with Crippen molar-refractivity contribution in [3.05, 3.63) is 48.3 Å². The van der Waals surface area contributed by atoms with Gasteiger partial charge in [-0.2, -0.15) is 10.1 Å². The van der Waals surface area contributed by atoms with E-state index in [1.165, 1.54) is 11.0 Å². The summed E-state index contributed by atoms with van der Waals surface area (Å²) < 4.78 is 6.80. The highest BCUT2D eigenvalue weighted by molar-refractivity contribution is 5.94. The van der Waals surface area contributed by atoms with Crippen molar-refractivity contribution < 1.29 is 9.32 Å². The Bertz CT molecular complexity index is 874. The molecule has 25 heavy (non-hydrogen) atoms. The number of carbonyl (C=O) groups is 1. The van der Waals surface area contributed by atoms with Crippen LogP contribution in [-0.4, -0.2) is 53.8 Å². The van der Waals surface area contributed by atoms with Crippen molar-refractivity contribution in [1.82, 2.24) is 34.8 Å². The topological polar surface area (TPSA) is 103 Å². The van der Waals surface area contributed by atoms with Crippen LogP contribution in [0.25, 0.3) is 5.82 Å². The van der Waals surface area contributed by atoms with Crippen LogP contribution in [0, 0.1) is 6.92 Å². The van der Waals surface area contributed by atoms with Gasteiger partial charge >= 0.3 is 0 Å². The van der Waals surface area contributed by atoms with E-state index in [0.29, 0.717) is 36.2 Å². The average molecular weight is 339 g/mol. The molecule has 1 saturated heterocycles. The molecule has 1 fully saturated rings. The van der Waals surface area contributed by atoms with Crippen molar-refractivity contribution in [3.8, 4) is 5.82 Å². The minimum atomic E-state index is -0.0373. The summed E-state index contributed by atoms with van der Waals surface area (Å²) in [6, 6.07) is 3.43. The van der Waals surface area contributed by atoms with Gasteiger partial charge in [0, 0.05) is 24.8 Å². The number of aryl methyl sites for hydroxylation is 1. The van der Waals surface area contributed by atoms with Crippen molar-refractivity contribution in [2.75, 3.05) is 13.1 Å². The van der Waals surface area contributed by atoms with Crippen LogP contribution in [0.4, 0.5) is 0 Å². The second-order valence-electron chi connectivity index (χ2n) is 6.01. The number of amides is 1. The number of piperidine rings is 1. The van der Waals surface area contributed by atoms with Gasteiger partial charge in [-0.1, -0.05) is 5.16 Å². The SMILES string of the molecule is Cc1noc(C2CCCN(C(=O)c3ccnc(-n4cncn4)c3)C2)n1. The van der Waals surface area contributed by atoms with Crippen molar-refractivity contribution in [2.24, 2.45) is 0 Å². The Morgan fingerprint density at radius 1 is 1.40 bits per heavy atom. The van der Waals surface area contributed by atoms with Crippen LogP contribution >= 0.6 is 0 Å². The molecular weight excluding hydrogens is 322 g/mol. The zero-order valence-electron chi connectivity index (χ0n) is 13.7. The summed E-state index contributed by atoms with van der Waals surface area (Å²) in [4.78, 5) is 27.2. The van der Waals surface area contributed by atoms with E-state index in [2.05, 4.69) is 25.2 Å². The second-order valence-corrected chi connectivity index (χ2v) is 6.01. The van der Waals surface area contributed by atoms with Gasteiger partial charge in [-0.25, -0.2) is 14.6 Å². The fourth-order valence-electron chi connectivity index (χ4n) is 3.03. The summed E-state index contributed by atoms with van der Waals surface area (Å²) in [6.45, 7) is 3.08. The normalized spacial score (nSPS) is 17.6. The summed E-state index contributed by atoms with van der Waals surface area (Å²) >= 11 is 0. The second kappa shape index (κ2) is 6.42. The highest BCUT2D eigenvalue weighted by Gasteiger charge is 2.29. The number of hydrogen-bond donors (Lipinski definition) is 0. The standard InChI is InChI=1S/C16H17N7O2/c1-11-20-15(25-21-11)13-3-2-6-22(8-13)16(24)12-4-5-18-14(7-12)23-10-17-9-19-23/h4-5,7,9-10,13H,2-3,6,8H2,1H3. The van der Waals surface area contributed by atoms with Crippen molar-refractivity contribution in [3.63, 3.8) is 0 Å². The van der Waals surface area contributed by atoms with Gasteiger partial charge in [-0.05, 0) is 31.9 Å². The molecular formula is C16H17N7O2. The first-order valence-corrected chi connectivity index (χ1v) is 8.11. The number of hydrogen-bond acceptors (Lipinski definition) is 7. The molecule has 3 aromatic heterocycles. The van der Waals surface area contributed by atoms with Crippen LogP contribution in [0.15, 0.2) is 35.5 Å². The molecule has 9 heteroatoms. The third-order valence-electron chi connectivity index (χ3n) is 4.25. The summed E-state index contributed by atoms with van der Waals surface area (Å²) in [6.07, 6.45) is 6.42. The number of likely N-dealkylation sites (tertiary alicyclic amines) is 1. The molecule has 1 atom stereocenters. The van der Waals surface area contributed by atoms with Gasteiger partial charge in [0.2, 0.25) is 5.89 Å². The highest BCUT2D eigenvalue weighted by Crippen LogP contribution is 2.26. The highest BCUT2D eigenvalue weighted by atomic mass is 16.5. The van der Waals surface area contributed by atoms with Crippen LogP contribution in [0.1, 0.15) is 40.8 Å². The van der Waals surface area contributed by atoms with Gasteiger partial charge in [0.25, 0.3) is 5.91 Å². The van der Waals surface area contributed by atoms with E-state index in [4.69, 9.17) is 4.52 Å². The molecule has 9 nitrogen and oxygen atoms in total. The summed E-state index contributed by atoms with van der Waals surface area (Å²) in [7, 11) is 0. The Balaban J connectivity index is 1.53. The van der Waals surface area contributed by atoms with Crippen LogP contribution in [0.3, 0.4) is 0 Å². The van der Waals surface area contributed by atoms with E-state index in [1.807, 2.05) is 4.90 Å². The Hall–Kier alpha value is -3.10. The Morgan fingerprint density at radius 2 is 2.32 bits per heavy atom. The van der Waals surface area contributed by atoms with Gasteiger partial charge in [0.05, 0.1) is 5.92 Å². The zero-order chi connectivity index (χ0) is 17.2.